The van der Waals surface area contributed by atoms with Gasteiger partial charge in [-0.25, -0.2) is 9.59 Å². The van der Waals surface area contributed by atoms with Crippen LogP contribution >= 0.6 is 0 Å². The van der Waals surface area contributed by atoms with Crippen LogP contribution in [0.15, 0.2) is 0 Å². The molecule has 0 aliphatic rings. The number of aldehydes is 2. The third-order valence-electron chi connectivity index (χ3n) is 0.202. The first-order valence-electron chi connectivity index (χ1n) is 1.90. The third kappa shape index (κ3) is 65.2. The molecule has 0 saturated carbocycles. The Hall–Kier alpha value is 0.759. The molecule has 7 nitrogen and oxygen atoms in total. The van der Waals surface area contributed by atoms with E-state index in [0.717, 1.165) is 0 Å². The zero-order chi connectivity index (χ0) is 8.57. The summed E-state index contributed by atoms with van der Waals surface area (Å²) in [4.78, 5) is 35.8. The van der Waals surface area contributed by atoms with E-state index in [4.69, 9.17) is 29.4 Å². The standard InChI is InChI=1S/2C2H2O3.2Ca.H2O.4H/c2*3-1-2(4)5;;;;;;;/h2*1H,(H,4,5);;;1H2;;;;. The van der Waals surface area contributed by atoms with Crippen molar-refractivity contribution in [1.29, 1.82) is 0 Å². The van der Waals surface area contributed by atoms with Gasteiger partial charge >= 0.3 is 87.4 Å². The van der Waals surface area contributed by atoms with Gasteiger partial charge in [0.1, 0.15) is 0 Å². The molecule has 0 spiro atoms. The average molecular weight is 250 g/mol. The normalized spacial score (nSPS) is 4.92. The van der Waals surface area contributed by atoms with Crippen LogP contribution in [0.5, 0.6) is 0 Å². The minimum absolute atomic E-state index is 0. The van der Waals surface area contributed by atoms with Crippen molar-refractivity contribution in [2.75, 3.05) is 0 Å². The first-order valence-corrected chi connectivity index (χ1v) is 1.90. The van der Waals surface area contributed by atoms with E-state index in [1.807, 2.05) is 0 Å². The Bertz CT molecular complexity index is 139. The molecule has 0 aromatic rings. The Morgan fingerprint density at radius 3 is 0.923 bits per heavy atom. The summed E-state index contributed by atoms with van der Waals surface area (Å²) < 4.78 is 0. The van der Waals surface area contributed by atoms with Crippen molar-refractivity contribution in [3.63, 3.8) is 0 Å². The molecule has 0 saturated heterocycles. The number of aliphatic carboxylic acids is 2. The summed E-state index contributed by atoms with van der Waals surface area (Å²) in [5.74, 6) is -2.85. The summed E-state index contributed by atoms with van der Waals surface area (Å²) in [5.41, 5.74) is 0. The summed E-state index contributed by atoms with van der Waals surface area (Å²) in [6, 6.07) is 0. The van der Waals surface area contributed by atoms with E-state index >= 15 is 0 Å². The first-order chi connectivity index (χ1) is 4.54. The Morgan fingerprint density at radius 2 is 0.923 bits per heavy atom. The Morgan fingerprint density at radius 1 is 0.846 bits per heavy atom. The molecule has 0 aliphatic heterocycles. The van der Waals surface area contributed by atoms with Gasteiger partial charge in [-0.3, -0.25) is 9.59 Å². The zero-order valence-electron chi connectivity index (χ0n) is 5.18. The summed E-state index contributed by atoms with van der Waals surface area (Å²) in [5, 5.41) is 14.7. The zero-order valence-corrected chi connectivity index (χ0v) is 5.18. The van der Waals surface area contributed by atoms with Crippen molar-refractivity contribution in [1.82, 2.24) is 0 Å². The van der Waals surface area contributed by atoms with Gasteiger partial charge in [0.15, 0.2) is 0 Å². The monoisotopic (exact) mass is 250 g/mol. The molecule has 0 aromatic carbocycles. The van der Waals surface area contributed by atoms with Gasteiger partial charge in [0.05, 0.1) is 0 Å². The molecule has 0 fully saturated rings. The second-order valence-electron chi connectivity index (χ2n) is 0.912. The predicted octanol–water partition coefficient (Wildman–Crippen LogP) is -4.12. The van der Waals surface area contributed by atoms with Gasteiger partial charge in [0.2, 0.25) is 12.6 Å². The molecular weight excluding hydrogens is 240 g/mol. The van der Waals surface area contributed by atoms with E-state index in [0.29, 0.717) is 0 Å². The Labute approximate surface area is 133 Å². The van der Waals surface area contributed by atoms with Crippen LogP contribution in [0.4, 0.5) is 0 Å². The van der Waals surface area contributed by atoms with Crippen LogP contribution in [0, 0.1) is 0 Å². The number of rotatable bonds is 2. The summed E-state index contributed by atoms with van der Waals surface area (Å²) in [6.45, 7) is 0. The van der Waals surface area contributed by atoms with E-state index in [1.165, 1.54) is 0 Å². The molecular formula is C4H10Ca2O7. The Kier molecular flexibility index (Phi) is 51.6. The van der Waals surface area contributed by atoms with Crippen LogP contribution in [0.1, 0.15) is 0 Å². The van der Waals surface area contributed by atoms with Crippen molar-refractivity contribution < 1.29 is 34.9 Å². The number of carbonyl (C=O) groups excluding carboxylic acids is 2. The Balaban J connectivity index is -0.0000000267. The van der Waals surface area contributed by atoms with Gasteiger partial charge < -0.3 is 15.7 Å². The number of hydrogen-bond acceptors (Lipinski definition) is 4. The van der Waals surface area contributed by atoms with E-state index in [9.17, 15) is 0 Å². The molecule has 13 heavy (non-hydrogen) atoms. The van der Waals surface area contributed by atoms with Crippen molar-refractivity contribution in [3.05, 3.63) is 0 Å². The first kappa shape index (κ1) is 29.2. The van der Waals surface area contributed by atoms with Gasteiger partial charge in [-0.2, -0.15) is 0 Å². The molecule has 0 aliphatic carbocycles. The fraction of sp³-hybridized carbons (Fsp3) is 0. The maximum atomic E-state index is 9.00. The van der Waals surface area contributed by atoms with Crippen LogP contribution in [0.3, 0.4) is 0 Å². The summed E-state index contributed by atoms with van der Waals surface area (Å²) in [6.07, 6.45) is -0.333. The van der Waals surface area contributed by atoms with Crippen molar-refractivity contribution in [2.24, 2.45) is 0 Å². The molecule has 4 N–H and O–H groups in total. The maximum absolute atomic E-state index is 9.00. The molecule has 72 valence electrons. The number of carboxylic acid groups (broad SMARTS) is 2. The summed E-state index contributed by atoms with van der Waals surface area (Å²) in [7, 11) is 0. The average Bonchev–Trinajstić information content (AvgIpc) is 1.89. The molecule has 0 amide bonds. The number of carbonyl (C=O) groups is 4. The van der Waals surface area contributed by atoms with Crippen LogP contribution in [-0.2, 0) is 19.2 Å². The molecule has 0 aromatic heterocycles. The van der Waals surface area contributed by atoms with Crippen molar-refractivity contribution >= 4 is 100.0 Å². The van der Waals surface area contributed by atoms with E-state index < -0.39 is 11.9 Å². The molecule has 0 rings (SSSR count). The predicted molar refractivity (Wildman–Crippen MR) is 48.1 cm³/mol. The van der Waals surface area contributed by atoms with Gasteiger partial charge in [-0.05, 0) is 0 Å². The van der Waals surface area contributed by atoms with Crippen molar-refractivity contribution in [2.45, 2.75) is 0 Å². The van der Waals surface area contributed by atoms with Crippen LogP contribution in [0.25, 0.3) is 0 Å². The fourth-order valence-corrected chi connectivity index (χ4v) is 0. The minimum atomic E-state index is -1.43. The van der Waals surface area contributed by atoms with Gasteiger partial charge in [-0.1, -0.05) is 0 Å². The second kappa shape index (κ2) is 23.0. The van der Waals surface area contributed by atoms with Gasteiger partial charge in [-0.15, -0.1) is 0 Å². The van der Waals surface area contributed by atoms with Crippen LogP contribution < -0.4 is 0 Å². The van der Waals surface area contributed by atoms with Crippen LogP contribution in [-0.4, -0.2) is 116 Å². The molecule has 0 radical (unpaired) electrons. The number of carboxylic acids is 2. The topological polar surface area (TPSA) is 140 Å². The molecule has 0 bridgehead atoms. The third-order valence-corrected chi connectivity index (χ3v) is 0.202. The molecule has 0 heterocycles. The van der Waals surface area contributed by atoms with Gasteiger partial charge in [0.25, 0.3) is 0 Å². The van der Waals surface area contributed by atoms with Crippen LogP contribution in [0.2, 0.25) is 0 Å². The second-order valence-corrected chi connectivity index (χ2v) is 0.912. The van der Waals surface area contributed by atoms with E-state index in [2.05, 4.69) is 0 Å². The van der Waals surface area contributed by atoms with E-state index in [-0.39, 0.29) is 93.5 Å². The van der Waals surface area contributed by atoms with E-state index in [1.54, 1.807) is 0 Å². The molecule has 9 heteroatoms. The van der Waals surface area contributed by atoms with Crippen molar-refractivity contribution in [3.8, 4) is 0 Å². The molecule has 0 unspecified atom stereocenters. The number of hydrogen-bond donors (Lipinski definition) is 2. The quantitative estimate of drug-likeness (QED) is 0.290. The fourth-order valence-electron chi connectivity index (χ4n) is 0. The summed E-state index contributed by atoms with van der Waals surface area (Å²) >= 11 is 0. The molecule has 0 atom stereocenters. The van der Waals surface area contributed by atoms with Gasteiger partial charge in [0, 0.05) is 0 Å². The SMILES string of the molecule is O.O=CC(=O)O.O=CC(=O)O.[CaH2].[CaH2].